The number of anilines is 1. The van der Waals surface area contributed by atoms with E-state index in [0.29, 0.717) is 10.3 Å². The quantitative estimate of drug-likeness (QED) is 0.785. The predicted octanol–water partition coefficient (Wildman–Crippen LogP) is 2.48. The summed E-state index contributed by atoms with van der Waals surface area (Å²) in [7, 11) is 1.24. The Morgan fingerprint density at radius 3 is 2.83 bits per heavy atom. The third-order valence-corrected chi connectivity index (χ3v) is 3.34. The van der Waals surface area contributed by atoms with Gasteiger partial charge in [-0.25, -0.2) is 18.6 Å². The van der Waals surface area contributed by atoms with E-state index in [2.05, 4.69) is 25.7 Å². The molecule has 1 aliphatic heterocycles. The third kappa shape index (κ3) is 2.60. The summed E-state index contributed by atoms with van der Waals surface area (Å²) >= 11 is 3.17. The summed E-state index contributed by atoms with van der Waals surface area (Å²) in [5.41, 5.74) is 0.0882. The lowest BCUT2D eigenvalue weighted by Crippen LogP contribution is -2.26. The van der Waals surface area contributed by atoms with E-state index in [9.17, 15) is 13.6 Å². The molecule has 0 radical (unpaired) electrons. The summed E-state index contributed by atoms with van der Waals surface area (Å²) in [5.74, 6) is -2.94. The second kappa shape index (κ2) is 4.79. The Morgan fingerprint density at radius 1 is 1.56 bits per heavy atom. The Balaban J connectivity index is 2.28. The average molecular weight is 321 g/mol. The van der Waals surface area contributed by atoms with Gasteiger partial charge in [-0.2, -0.15) is 0 Å². The molecular formula is C11H11BrF2N2O2. The molecule has 0 atom stereocenters. The predicted molar refractivity (Wildman–Crippen MR) is 65.1 cm³/mol. The molecular weight excluding hydrogens is 310 g/mol. The van der Waals surface area contributed by atoms with Crippen molar-refractivity contribution in [1.82, 2.24) is 4.98 Å². The molecule has 1 aromatic rings. The summed E-state index contributed by atoms with van der Waals surface area (Å²) in [6.45, 7) is -0.148. The van der Waals surface area contributed by atoms with Crippen molar-refractivity contribution in [3.8, 4) is 0 Å². The first-order chi connectivity index (χ1) is 8.43. The van der Waals surface area contributed by atoms with Crippen LogP contribution in [-0.2, 0) is 4.74 Å². The number of halogens is 3. The van der Waals surface area contributed by atoms with Gasteiger partial charge in [-0.1, -0.05) is 0 Å². The van der Waals surface area contributed by atoms with Crippen LogP contribution < -0.4 is 4.90 Å². The van der Waals surface area contributed by atoms with Crippen molar-refractivity contribution in [2.45, 2.75) is 12.3 Å². The third-order valence-electron chi connectivity index (χ3n) is 2.70. The standard InChI is InChI=1S/C11H11BrF2N2O2/c1-18-10(17)9-7(12)2-3-8(15-9)16-5-4-11(13,14)6-16/h2-3H,4-6H2,1H3. The van der Waals surface area contributed by atoms with Gasteiger partial charge in [-0.3, -0.25) is 0 Å². The van der Waals surface area contributed by atoms with Gasteiger partial charge < -0.3 is 9.64 Å². The minimum absolute atomic E-state index is 0.0882. The number of rotatable bonds is 2. The summed E-state index contributed by atoms with van der Waals surface area (Å²) in [6, 6.07) is 3.20. The fourth-order valence-electron chi connectivity index (χ4n) is 1.78. The first-order valence-corrected chi connectivity index (χ1v) is 6.10. The molecule has 0 bridgehead atoms. The van der Waals surface area contributed by atoms with Gasteiger partial charge >= 0.3 is 5.97 Å². The molecule has 1 aromatic heterocycles. The second-order valence-electron chi connectivity index (χ2n) is 4.02. The molecule has 4 nitrogen and oxygen atoms in total. The molecule has 1 aliphatic rings. The van der Waals surface area contributed by atoms with Crippen LogP contribution in [0, 0.1) is 0 Å². The van der Waals surface area contributed by atoms with Gasteiger partial charge in [0.05, 0.1) is 18.1 Å². The Hall–Kier alpha value is -1.24. The van der Waals surface area contributed by atoms with Gasteiger partial charge in [-0.15, -0.1) is 0 Å². The lowest BCUT2D eigenvalue weighted by Gasteiger charge is -2.17. The van der Waals surface area contributed by atoms with E-state index in [0.717, 1.165) is 0 Å². The minimum atomic E-state index is -2.69. The molecule has 0 saturated carbocycles. The first-order valence-electron chi connectivity index (χ1n) is 5.30. The van der Waals surface area contributed by atoms with Crippen LogP contribution in [0.1, 0.15) is 16.9 Å². The molecule has 2 heterocycles. The number of ether oxygens (including phenoxy) is 1. The molecule has 7 heteroatoms. The van der Waals surface area contributed by atoms with E-state index in [-0.39, 0.29) is 25.2 Å². The van der Waals surface area contributed by atoms with Crippen LogP contribution in [0.3, 0.4) is 0 Å². The number of pyridine rings is 1. The largest absolute Gasteiger partial charge is 0.464 e. The highest BCUT2D eigenvalue weighted by Gasteiger charge is 2.38. The van der Waals surface area contributed by atoms with Crippen molar-refractivity contribution in [2.75, 3.05) is 25.1 Å². The molecule has 1 fully saturated rings. The number of hydrogen-bond acceptors (Lipinski definition) is 4. The highest BCUT2D eigenvalue weighted by atomic mass is 79.9. The molecule has 0 spiro atoms. The molecule has 18 heavy (non-hydrogen) atoms. The topological polar surface area (TPSA) is 42.4 Å². The lowest BCUT2D eigenvalue weighted by atomic mass is 10.3. The lowest BCUT2D eigenvalue weighted by molar-refractivity contribution is 0.0256. The van der Waals surface area contributed by atoms with Crippen LogP contribution in [0.25, 0.3) is 0 Å². The van der Waals surface area contributed by atoms with Crippen LogP contribution >= 0.6 is 15.9 Å². The van der Waals surface area contributed by atoms with Gasteiger partial charge in [0.2, 0.25) is 0 Å². The molecule has 0 aromatic carbocycles. The summed E-state index contributed by atoms with van der Waals surface area (Å²) < 4.78 is 31.3. The summed E-state index contributed by atoms with van der Waals surface area (Å²) in [5, 5.41) is 0. The van der Waals surface area contributed by atoms with Crippen LogP contribution in [0.4, 0.5) is 14.6 Å². The maximum Gasteiger partial charge on any atom is 0.357 e. The van der Waals surface area contributed by atoms with E-state index in [4.69, 9.17) is 0 Å². The maximum absolute atomic E-state index is 13.1. The average Bonchev–Trinajstić information content (AvgIpc) is 2.69. The first kappa shape index (κ1) is 13.2. The normalized spacial score (nSPS) is 17.9. The van der Waals surface area contributed by atoms with Crippen molar-refractivity contribution < 1.29 is 18.3 Å². The molecule has 98 valence electrons. The van der Waals surface area contributed by atoms with E-state index in [1.54, 1.807) is 12.1 Å². The van der Waals surface area contributed by atoms with Crippen LogP contribution in [-0.4, -0.2) is 37.1 Å². The molecule has 1 saturated heterocycles. The van der Waals surface area contributed by atoms with E-state index in [1.165, 1.54) is 12.0 Å². The second-order valence-corrected chi connectivity index (χ2v) is 4.87. The fourth-order valence-corrected chi connectivity index (χ4v) is 2.16. The number of aromatic nitrogens is 1. The number of hydrogen-bond donors (Lipinski definition) is 0. The molecule has 0 aliphatic carbocycles. The minimum Gasteiger partial charge on any atom is -0.464 e. The maximum atomic E-state index is 13.1. The SMILES string of the molecule is COC(=O)c1nc(N2CCC(F)(F)C2)ccc1Br. The van der Waals surface area contributed by atoms with E-state index in [1.807, 2.05) is 0 Å². The van der Waals surface area contributed by atoms with Gasteiger partial charge in [0.25, 0.3) is 5.92 Å². The number of carbonyl (C=O) groups is 1. The Kier molecular flexibility index (Phi) is 3.52. The molecule has 2 rings (SSSR count). The molecule has 0 amide bonds. The number of nitrogens with zero attached hydrogens (tertiary/aromatic N) is 2. The van der Waals surface area contributed by atoms with Crippen molar-refractivity contribution in [3.05, 3.63) is 22.3 Å². The van der Waals surface area contributed by atoms with E-state index >= 15 is 0 Å². The van der Waals surface area contributed by atoms with Crippen molar-refractivity contribution in [1.29, 1.82) is 0 Å². The zero-order valence-electron chi connectivity index (χ0n) is 9.62. The van der Waals surface area contributed by atoms with Crippen LogP contribution in [0.5, 0.6) is 0 Å². The van der Waals surface area contributed by atoms with Gasteiger partial charge in [-0.05, 0) is 28.1 Å². The Labute approximate surface area is 111 Å². The summed E-state index contributed by atoms with van der Waals surface area (Å²) in [6.07, 6.45) is -0.196. The fraction of sp³-hybridized carbons (Fsp3) is 0.455. The Bertz CT molecular complexity index is 482. The number of carbonyl (C=O) groups excluding carboxylic acids is 1. The molecule has 0 N–H and O–H groups in total. The van der Waals surface area contributed by atoms with E-state index < -0.39 is 11.9 Å². The van der Waals surface area contributed by atoms with Crippen molar-refractivity contribution >= 4 is 27.7 Å². The number of esters is 1. The zero-order valence-corrected chi connectivity index (χ0v) is 11.2. The van der Waals surface area contributed by atoms with Crippen molar-refractivity contribution in [2.24, 2.45) is 0 Å². The van der Waals surface area contributed by atoms with Crippen molar-refractivity contribution in [3.63, 3.8) is 0 Å². The van der Waals surface area contributed by atoms with Crippen LogP contribution in [0.15, 0.2) is 16.6 Å². The Morgan fingerprint density at radius 2 is 2.28 bits per heavy atom. The number of alkyl halides is 2. The number of methoxy groups -OCH3 is 1. The molecule has 0 unspecified atom stereocenters. The smallest absolute Gasteiger partial charge is 0.357 e. The monoisotopic (exact) mass is 320 g/mol. The van der Waals surface area contributed by atoms with Gasteiger partial charge in [0.15, 0.2) is 5.69 Å². The zero-order chi connectivity index (χ0) is 13.3. The van der Waals surface area contributed by atoms with Gasteiger partial charge in [0.1, 0.15) is 5.82 Å². The van der Waals surface area contributed by atoms with Crippen LogP contribution in [0.2, 0.25) is 0 Å². The highest BCUT2D eigenvalue weighted by Crippen LogP contribution is 2.30. The summed E-state index contributed by atoms with van der Waals surface area (Å²) in [4.78, 5) is 17.0. The highest BCUT2D eigenvalue weighted by molar-refractivity contribution is 9.10. The van der Waals surface area contributed by atoms with Gasteiger partial charge in [0, 0.05) is 13.0 Å².